The number of aromatic nitrogens is 1. The van der Waals surface area contributed by atoms with Crippen LogP contribution >= 0.6 is 11.8 Å². The number of nitrogens with zero attached hydrogens (tertiary/aromatic N) is 3. The van der Waals surface area contributed by atoms with Gasteiger partial charge >= 0.3 is 0 Å². The van der Waals surface area contributed by atoms with Crippen molar-refractivity contribution in [1.82, 2.24) is 9.88 Å². The van der Waals surface area contributed by atoms with Crippen molar-refractivity contribution in [2.45, 2.75) is 17.6 Å². The molecule has 4 nitrogen and oxygen atoms in total. The Morgan fingerprint density at radius 1 is 1.24 bits per heavy atom. The van der Waals surface area contributed by atoms with Crippen molar-refractivity contribution in [3.63, 3.8) is 0 Å². The molecule has 0 fully saturated rings. The Labute approximate surface area is 127 Å². The van der Waals surface area contributed by atoms with Gasteiger partial charge in [0, 0.05) is 25.4 Å². The lowest BCUT2D eigenvalue weighted by molar-refractivity contribution is -0.109. The Bertz CT molecular complexity index is 672. The molecule has 2 aromatic rings. The van der Waals surface area contributed by atoms with Gasteiger partial charge in [-0.15, -0.1) is 0 Å². The average Bonchev–Trinajstić information content (AvgIpc) is 2.54. The first-order valence-electron chi connectivity index (χ1n) is 6.69. The van der Waals surface area contributed by atoms with Crippen molar-refractivity contribution >= 4 is 23.2 Å². The van der Waals surface area contributed by atoms with E-state index in [9.17, 15) is 4.79 Å². The number of carbonyl (C=O) groups is 1. The van der Waals surface area contributed by atoms with E-state index in [0.29, 0.717) is 0 Å². The number of carbonyl (C=O) groups excluding carboxylic acids is 1. The maximum atomic E-state index is 11.3. The molecule has 2 heterocycles. The molecule has 1 aliphatic rings. The second-order valence-corrected chi connectivity index (χ2v) is 5.79. The summed E-state index contributed by atoms with van der Waals surface area (Å²) in [6.45, 7) is 0.750. The predicted octanol–water partition coefficient (Wildman–Crippen LogP) is 2.92. The monoisotopic (exact) mass is 297 g/mol. The fourth-order valence-corrected chi connectivity index (χ4v) is 3.20. The zero-order chi connectivity index (χ0) is 14.7. The van der Waals surface area contributed by atoms with Gasteiger partial charge in [0.05, 0.1) is 0 Å². The van der Waals surface area contributed by atoms with Crippen molar-refractivity contribution in [2.75, 3.05) is 7.05 Å². The third-order valence-corrected chi connectivity index (χ3v) is 4.41. The highest BCUT2D eigenvalue weighted by Crippen LogP contribution is 2.34. The molecule has 0 saturated heterocycles. The number of thioether (sulfide) groups is 1. The van der Waals surface area contributed by atoms with Crippen molar-refractivity contribution in [3.8, 4) is 0 Å². The summed E-state index contributed by atoms with van der Waals surface area (Å²) in [6.07, 6.45) is 2.62. The molecular weight excluding hydrogens is 282 g/mol. The Balaban J connectivity index is 1.83. The standard InChI is InChI=1S/C16H15N3OS/c1-19(10-12-6-3-2-4-7-12)16-18-14(11-20)13-8-5-9-17-15(13)21-16/h2-9,11,14H,10H2,1H3. The SMILES string of the molecule is CN(Cc1ccccc1)C1=NC(C=O)c2cccnc2S1. The van der Waals surface area contributed by atoms with E-state index >= 15 is 0 Å². The number of hydrogen-bond acceptors (Lipinski definition) is 5. The highest BCUT2D eigenvalue weighted by atomic mass is 32.2. The fraction of sp³-hybridized carbons (Fsp3) is 0.188. The van der Waals surface area contributed by atoms with Crippen LogP contribution in [0.3, 0.4) is 0 Å². The number of hydrogen-bond donors (Lipinski definition) is 0. The van der Waals surface area contributed by atoms with E-state index in [1.807, 2.05) is 42.3 Å². The van der Waals surface area contributed by atoms with Gasteiger partial charge in [0.2, 0.25) is 0 Å². The third kappa shape index (κ3) is 2.97. The topological polar surface area (TPSA) is 45.6 Å². The number of aliphatic imine (C=N–C) groups is 1. The average molecular weight is 297 g/mol. The number of benzene rings is 1. The van der Waals surface area contributed by atoms with Crippen molar-refractivity contribution in [1.29, 1.82) is 0 Å². The van der Waals surface area contributed by atoms with Gasteiger partial charge in [0.15, 0.2) is 5.17 Å². The zero-order valence-corrected chi connectivity index (χ0v) is 12.5. The molecule has 1 aromatic carbocycles. The fourth-order valence-electron chi connectivity index (χ4n) is 2.22. The molecule has 1 unspecified atom stereocenters. The largest absolute Gasteiger partial charge is 0.350 e. The van der Waals surface area contributed by atoms with E-state index < -0.39 is 6.04 Å². The Hall–Kier alpha value is -2.14. The first-order valence-corrected chi connectivity index (χ1v) is 7.50. The highest BCUT2D eigenvalue weighted by Gasteiger charge is 2.24. The first-order chi connectivity index (χ1) is 10.3. The van der Waals surface area contributed by atoms with Crippen LogP contribution in [0.5, 0.6) is 0 Å². The van der Waals surface area contributed by atoms with Crippen molar-refractivity contribution in [2.24, 2.45) is 4.99 Å². The predicted molar refractivity (Wildman–Crippen MR) is 84.2 cm³/mol. The van der Waals surface area contributed by atoms with Crippen LogP contribution in [-0.4, -0.2) is 28.4 Å². The molecule has 0 radical (unpaired) electrons. The summed E-state index contributed by atoms with van der Waals surface area (Å²) in [5.41, 5.74) is 2.09. The highest BCUT2D eigenvalue weighted by molar-refractivity contribution is 8.13. The Morgan fingerprint density at radius 3 is 2.81 bits per heavy atom. The van der Waals surface area contributed by atoms with Crippen LogP contribution in [-0.2, 0) is 11.3 Å². The molecule has 21 heavy (non-hydrogen) atoms. The lowest BCUT2D eigenvalue weighted by Crippen LogP contribution is -2.27. The van der Waals surface area contributed by atoms with Gasteiger partial charge in [-0.2, -0.15) is 0 Å². The van der Waals surface area contributed by atoms with Crippen LogP contribution in [0, 0.1) is 0 Å². The van der Waals surface area contributed by atoms with Gasteiger partial charge in [-0.1, -0.05) is 36.4 Å². The van der Waals surface area contributed by atoms with Crippen molar-refractivity contribution in [3.05, 3.63) is 59.8 Å². The van der Waals surface area contributed by atoms with E-state index in [4.69, 9.17) is 0 Å². The van der Waals surface area contributed by atoms with Gasteiger partial charge in [0.1, 0.15) is 17.4 Å². The maximum Gasteiger partial charge on any atom is 0.166 e. The first kappa shape index (κ1) is 13.8. The lowest BCUT2D eigenvalue weighted by atomic mass is 10.1. The van der Waals surface area contributed by atoms with Crippen LogP contribution in [0.4, 0.5) is 0 Å². The summed E-state index contributed by atoms with van der Waals surface area (Å²) in [6, 6.07) is 13.5. The molecule has 106 valence electrons. The van der Waals surface area contributed by atoms with Gasteiger partial charge in [0.25, 0.3) is 0 Å². The van der Waals surface area contributed by atoms with Crippen LogP contribution in [0.25, 0.3) is 0 Å². The summed E-state index contributed by atoms with van der Waals surface area (Å²) in [7, 11) is 1.98. The molecular formula is C16H15N3OS. The van der Waals surface area contributed by atoms with Gasteiger partial charge in [-0.3, -0.25) is 0 Å². The summed E-state index contributed by atoms with van der Waals surface area (Å²) in [5, 5.41) is 1.68. The molecule has 5 heteroatoms. The summed E-state index contributed by atoms with van der Waals surface area (Å²) < 4.78 is 0. The quantitative estimate of drug-likeness (QED) is 0.817. The van der Waals surface area contributed by atoms with Crippen molar-refractivity contribution < 1.29 is 4.79 Å². The molecule has 0 N–H and O–H groups in total. The molecule has 0 bridgehead atoms. The van der Waals surface area contributed by atoms with Gasteiger partial charge in [-0.25, -0.2) is 9.98 Å². The van der Waals surface area contributed by atoms with E-state index in [0.717, 1.165) is 28.6 Å². The van der Waals surface area contributed by atoms with Crippen LogP contribution in [0.15, 0.2) is 58.7 Å². The summed E-state index contributed by atoms with van der Waals surface area (Å²) in [4.78, 5) is 22.2. The minimum absolute atomic E-state index is 0.455. The minimum atomic E-state index is -0.455. The van der Waals surface area contributed by atoms with Crippen LogP contribution in [0.2, 0.25) is 0 Å². The molecule has 0 amide bonds. The zero-order valence-electron chi connectivity index (χ0n) is 11.6. The maximum absolute atomic E-state index is 11.3. The molecule has 0 spiro atoms. The van der Waals surface area contributed by atoms with E-state index in [1.165, 1.54) is 17.3 Å². The number of pyridine rings is 1. The number of aldehydes is 1. The van der Waals surface area contributed by atoms with E-state index in [1.54, 1.807) is 6.20 Å². The minimum Gasteiger partial charge on any atom is -0.350 e. The Kier molecular flexibility index (Phi) is 4.01. The number of amidine groups is 1. The van der Waals surface area contributed by atoms with Gasteiger partial charge in [-0.05, 0) is 23.4 Å². The summed E-state index contributed by atoms with van der Waals surface area (Å²) >= 11 is 1.51. The Morgan fingerprint density at radius 2 is 2.05 bits per heavy atom. The smallest absolute Gasteiger partial charge is 0.166 e. The van der Waals surface area contributed by atoms with Crippen LogP contribution < -0.4 is 0 Å². The van der Waals surface area contributed by atoms with E-state index in [-0.39, 0.29) is 0 Å². The normalized spacial score (nSPS) is 16.8. The number of fused-ring (bicyclic) bond motifs is 1. The molecule has 0 saturated carbocycles. The van der Waals surface area contributed by atoms with Crippen LogP contribution in [0.1, 0.15) is 17.2 Å². The third-order valence-electron chi connectivity index (χ3n) is 3.27. The lowest BCUT2D eigenvalue weighted by Gasteiger charge is -2.26. The molecule has 0 aliphatic carbocycles. The molecule has 1 atom stereocenters. The van der Waals surface area contributed by atoms with E-state index in [2.05, 4.69) is 22.1 Å². The molecule has 1 aliphatic heterocycles. The molecule has 1 aromatic heterocycles. The second kappa shape index (κ2) is 6.10. The van der Waals surface area contributed by atoms with Gasteiger partial charge < -0.3 is 9.69 Å². The summed E-state index contributed by atoms with van der Waals surface area (Å²) in [5.74, 6) is 0. The molecule has 3 rings (SSSR count). The second-order valence-electron chi connectivity index (χ2n) is 4.83. The number of rotatable bonds is 3.